The fraction of sp³-hybridized carbons (Fsp3) is 0.750. The van der Waals surface area contributed by atoms with Crippen LogP contribution < -0.4 is 5.73 Å². The van der Waals surface area contributed by atoms with Gasteiger partial charge in [-0.1, -0.05) is 0 Å². The van der Waals surface area contributed by atoms with Gasteiger partial charge in [0.2, 0.25) is 0 Å². The van der Waals surface area contributed by atoms with Gasteiger partial charge in [0.25, 0.3) is 0 Å². The van der Waals surface area contributed by atoms with Crippen LogP contribution in [0.15, 0.2) is 11.8 Å². The van der Waals surface area contributed by atoms with Crippen molar-refractivity contribution in [1.82, 2.24) is 0 Å². The van der Waals surface area contributed by atoms with Crippen LogP contribution in [0.5, 0.6) is 0 Å². The Balaban J connectivity index is 2.37. The molecule has 0 radical (unpaired) electrons. The zero-order valence-electron chi connectivity index (χ0n) is 6.62. The first-order valence-corrected chi connectivity index (χ1v) is 4.03. The van der Waals surface area contributed by atoms with Crippen LogP contribution in [-0.4, -0.2) is 24.4 Å². The Kier molecular flexibility index (Phi) is 3.39. The monoisotopic (exact) mass is 157 g/mol. The molecule has 0 aromatic rings. The molecule has 0 bridgehead atoms. The van der Waals surface area contributed by atoms with Gasteiger partial charge in [0.15, 0.2) is 0 Å². The minimum atomic E-state index is -0.389. The Morgan fingerprint density at radius 3 is 3.09 bits per heavy atom. The summed E-state index contributed by atoms with van der Waals surface area (Å²) in [6.45, 7) is 1.30. The highest BCUT2D eigenvalue weighted by molar-refractivity contribution is 5.06. The van der Waals surface area contributed by atoms with Crippen LogP contribution >= 0.6 is 0 Å². The maximum absolute atomic E-state index is 9.45. The molecule has 0 aromatic heterocycles. The van der Waals surface area contributed by atoms with Crippen molar-refractivity contribution in [2.24, 2.45) is 5.73 Å². The van der Waals surface area contributed by atoms with Crippen molar-refractivity contribution in [1.29, 1.82) is 0 Å². The summed E-state index contributed by atoms with van der Waals surface area (Å²) < 4.78 is 5.09. The SMILES string of the molecule is NCC[C@@H](O)C1=COCCC1. The molecule has 3 heteroatoms. The largest absolute Gasteiger partial charge is 0.501 e. The number of rotatable bonds is 3. The fourth-order valence-corrected chi connectivity index (χ4v) is 1.17. The molecule has 0 aliphatic carbocycles. The van der Waals surface area contributed by atoms with Crippen molar-refractivity contribution in [3.8, 4) is 0 Å². The van der Waals surface area contributed by atoms with Gasteiger partial charge in [-0.3, -0.25) is 0 Å². The van der Waals surface area contributed by atoms with Gasteiger partial charge in [0, 0.05) is 0 Å². The molecule has 1 aliphatic rings. The average Bonchev–Trinajstić information content (AvgIpc) is 2.07. The highest BCUT2D eigenvalue weighted by Gasteiger charge is 2.12. The molecule has 1 heterocycles. The van der Waals surface area contributed by atoms with Gasteiger partial charge in [-0.2, -0.15) is 0 Å². The summed E-state index contributed by atoms with van der Waals surface area (Å²) in [5.41, 5.74) is 6.30. The third-order valence-corrected chi connectivity index (χ3v) is 1.83. The maximum Gasteiger partial charge on any atom is 0.0876 e. The molecule has 0 unspecified atom stereocenters. The van der Waals surface area contributed by atoms with Gasteiger partial charge in [-0.15, -0.1) is 0 Å². The van der Waals surface area contributed by atoms with E-state index in [4.69, 9.17) is 10.5 Å². The first-order chi connectivity index (χ1) is 5.34. The van der Waals surface area contributed by atoms with E-state index in [9.17, 15) is 5.11 Å². The normalized spacial score (nSPS) is 20.4. The molecule has 0 amide bonds. The van der Waals surface area contributed by atoms with E-state index in [2.05, 4.69) is 0 Å². The Labute approximate surface area is 66.8 Å². The average molecular weight is 157 g/mol. The molecule has 11 heavy (non-hydrogen) atoms. The molecule has 3 N–H and O–H groups in total. The van der Waals surface area contributed by atoms with E-state index < -0.39 is 0 Å². The molecule has 1 rings (SSSR count). The van der Waals surface area contributed by atoms with Crippen LogP contribution in [0.1, 0.15) is 19.3 Å². The number of aliphatic hydroxyl groups is 1. The number of aliphatic hydroxyl groups excluding tert-OH is 1. The lowest BCUT2D eigenvalue weighted by atomic mass is 10.0. The molecular weight excluding hydrogens is 142 g/mol. The molecule has 0 saturated heterocycles. The van der Waals surface area contributed by atoms with E-state index in [1.807, 2.05) is 0 Å². The maximum atomic E-state index is 9.45. The van der Waals surface area contributed by atoms with Crippen LogP contribution in [0.2, 0.25) is 0 Å². The minimum absolute atomic E-state index is 0.389. The molecule has 1 aliphatic heterocycles. The summed E-state index contributed by atoms with van der Waals surface area (Å²) in [6.07, 6.45) is 3.87. The zero-order valence-corrected chi connectivity index (χ0v) is 6.62. The standard InChI is InChI=1S/C8H15NO2/c9-4-3-8(10)7-2-1-5-11-6-7/h6,8,10H,1-5,9H2/t8-/m1/s1. The Morgan fingerprint density at radius 1 is 1.73 bits per heavy atom. The van der Waals surface area contributed by atoms with Crippen molar-refractivity contribution < 1.29 is 9.84 Å². The lowest BCUT2D eigenvalue weighted by Crippen LogP contribution is -2.18. The smallest absolute Gasteiger partial charge is 0.0876 e. The number of ether oxygens (including phenoxy) is 1. The van der Waals surface area contributed by atoms with E-state index in [0.29, 0.717) is 13.0 Å². The van der Waals surface area contributed by atoms with Crippen molar-refractivity contribution in [3.63, 3.8) is 0 Å². The molecule has 0 fully saturated rings. The predicted molar refractivity (Wildman–Crippen MR) is 42.9 cm³/mol. The van der Waals surface area contributed by atoms with Crippen molar-refractivity contribution in [2.75, 3.05) is 13.2 Å². The lowest BCUT2D eigenvalue weighted by molar-refractivity contribution is 0.164. The highest BCUT2D eigenvalue weighted by Crippen LogP contribution is 2.16. The Bertz CT molecular complexity index is 145. The summed E-state index contributed by atoms with van der Waals surface area (Å²) in [5, 5.41) is 9.45. The minimum Gasteiger partial charge on any atom is -0.501 e. The van der Waals surface area contributed by atoms with Crippen LogP contribution in [-0.2, 0) is 4.74 Å². The molecular formula is C8H15NO2. The quantitative estimate of drug-likeness (QED) is 0.623. The van der Waals surface area contributed by atoms with E-state index in [-0.39, 0.29) is 6.10 Å². The number of hydrogen-bond donors (Lipinski definition) is 2. The first-order valence-electron chi connectivity index (χ1n) is 4.03. The van der Waals surface area contributed by atoms with Crippen molar-refractivity contribution >= 4 is 0 Å². The molecule has 64 valence electrons. The van der Waals surface area contributed by atoms with E-state index in [0.717, 1.165) is 25.0 Å². The lowest BCUT2D eigenvalue weighted by Gasteiger charge is -2.17. The second kappa shape index (κ2) is 4.36. The molecule has 0 aromatic carbocycles. The van der Waals surface area contributed by atoms with Crippen molar-refractivity contribution in [2.45, 2.75) is 25.4 Å². The second-order valence-electron chi connectivity index (χ2n) is 2.76. The Morgan fingerprint density at radius 2 is 2.55 bits per heavy atom. The third-order valence-electron chi connectivity index (χ3n) is 1.83. The molecule has 1 atom stereocenters. The molecule has 3 nitrogen and oxygen atoms in total. The van der Waals surface area contributed by atoms with Gasteiger partial charge >= 0.3 is 0 Å². The third kappa shape index (κ3) is 2.52. The van der Waals surface area contributed by atoms with E-state index in [1.54, 1.807) is 6.26 Å². The highest BCUT2D eigenvalue weighted by atomic mass is 16.5. The summed E-state index contributed by atoms with van der Waals surface area (Å²) in [5.74, 6) is 0. The van der Waals surface area contributed by atoms with Gasteiger partial charge in [0.1, 0.15) is 0 Å². The zero-order chi connectivity index (χ0) is 8.10. The van der Waals surface area contributed by atoms with Gasteiger partial charge in [-0.05, 0) is 31.4 Å². The van der Waals surface area contributed by atoms with Crippen LogP contribution in [0.3, 0.4) is 0 Å². The van der Waals surface area contributed by atoms with Crippen LogP contribution in [0.4, 0.5) is 0 Å². The van der Waals surface area contributed by atoms with Gasteiger partial charge in [-0.25, -0.2) is 0 Å². The van der Waals surface area contributed by atoms with Gasteiger partial charge < -0.3 is 15.6 Å². The topological polar surface area (TPSA) is 55.5 Å². The predicted octanol–water partition coefficient (Wildman–Crippen LogP) is 0.390. The fourth-order valence-electron chi connectivity index (χ4n) is 1.17. The summed E-state index contributed by atoms with van der Waals surface area (Å²) in [7, 11) is 0. The first kappa shape index (κ1) is 8.56. The summed E-state index contributed by atoms with van der Waals surface area (Å²) in [4.78, 5) is 0. The summed E-state index contributed by atoms with van der Waals surface area (Å²) >= 11 is 0. The Hall–Kier alpha value is -0.540. The van der Waals surface area contributed by atoms with Crippen molar-refractivity contribution in [3.05, 3.63) is 11.8 Å². The van der Waals surface area contributed by atoms with E-state index >= 15 is 0 Å². The number of hydrogen-bond acceptors (Lipinski definition) is 3. The van der Waals surface area contributed by atoms with Crippen LogP contribution in [0, 0.1) is 0 Å². The van der Waals surface area contributed by atoms with E-state index in [1.165, 1.54) is 0 Å². The summed E-state index contributed by atoms with van der Waals surface area (Å²) in [6, 6.07) is 0. The second-order valence-corrected chi connectivity index (χ2v) is 2.76. The van der Waals surface area contributed by atoms with Gasteiger partial charge in [0.05, 0.1) is 19.0 Å². The number of nitrogens with two attached hydrogens (primary N) is 1. The molecule has 0 spiro atoms. The molecule has 0 saturated carbocycles. The van der Waals surface area contributed by atoms with Crippen LogP contribution in [0.25, 0.3) is 0 Å².